The molecule has 0 atom stereocenters. The van der Waals surface area contributed by atoms with Crippen LogP contribution in [0.25, 0.3) is 0 Å². The molecule has 1 aromatic heterocycles. The molecule has 90 valence electrons. The minimum Gasteiger partial charge on any atom is -0.210 e. The van der Waals surface area contributed by atoms with Crippen LogP contribution in [0.3, 0.4) is 0 Å². The summed E-state index contributed by atoms with van der Waals surface area (Å²) >= 11 is 18.6. The highest BCUT2D eigenvalue weighted by atomic mass is 35.5. The molecule has 0 radical (unpaired) electrons. The van der Waals surface area contributed by atoms with E-state index in [1.165, 1.54) is 11.8 Å². The average Bonchev–Trinajstić information content (AvgIpc) is 2.32. The highest BCUT2D eigenvalue weighted by Crippen LogP contribution is 2.32. The van der Waals surface area contributed by atoms with Crippen LogP contribution >= 0.6 is 46.6 Å². The third kappa shape index (κ3) is 3.06. The van der Waals surface area contributed by atoms with Gasteiger partial charge in [0.1, 0.15) is 16.7 Å². The Kier molecular flexibility index (Phi) is 4.31. The van der Waals surface area contributed by atoms with E-state index in [1.54, 1.807) is 12.1 Å². The van der Waals surface area contributed by atoms with Gasteiger partial charge in [0, 0.05) is 9.92 Å². The van der Waals surface area contributed by atoms with Crippen molar-refractivity contribution in [2.45, 2.75) is 9.92 Å². The van der Waals surface area contributed by atoms with Crippen molar-refractivity contribution in [3.05, 3.63) is 45.3 Å². The summed E-state index contributed by atoms with van der Waals surface area (Å²) in [6.07, 6.45) is 0. The van der Waals surface area contributed by atoms with E-state index < -0.39 is 0 Å². The topological polar surface area (TPSA) is 49.6 Å². The third-order valence-electron chi connectivity index (χ3n) is 1.94. The van der Waals surface area contributed by atoms with Crippen LogP contribution < -0.4 is 0 Å². The van der Waals surface area contributed by atoms with Gasteiger partial charge in [-0.15, -0.1) is 0 Å². The number of nitriles is 1. The number of halogens is 3. The minimum absolute atomic E-state index is 0.00969. The minimum atomic E-state index is 0.00969. The Morgan fingerprint density at radius 1 is 1.06 bits per heavy atom. The normalized spacial score (nSPS) is 10.1. The first-order valence-electron chi connectivity index (χ1n) is 4.66. The second-order valence-electron chi connectivity index (χ2n) is 3.13. The summed E-state index contributed by atoms with van der Waals surface area (Å²) in [5, 5.41) is 10.1. The summed E-state index contributed by atoms with van der Waals surface area (Å²) in [5.41, 5.74) is 0.209. The molecule has 0 aliphatic heterocycles. The van der Waals surface area contributed by atoms with E-state index in [0.717, 1.165) is 4.90 Å². The zero-order valence-corrected chi connectivity index (χ0v) is 11.8. The van der Waals surface area contributed by atoms with Crippen molar-refractivity contribution in [2.24, 2.45) is 0 Å². The summed E-state index contributed by atoms with van der Waals surface area (Å²) in [7, 11) is 0. The number of hydrogen-bond acceptors (Lipinski definition) is 4. The Morgan fingerprint density at radius 2 is 1.72 bits per heavy atom. The van der Waals surface area contributed by atoms with Crippen molar-refractivity contribution in [3.63, 3.8) is 0 Å². The second kappa shape index (κ2) is 5.77. The van der Waals surface area contributed by atoms with E-state index >= 15 is 0 Å². The molecule has 2 rings (SSSR count). The molecule has 0 aliphatic carbocycles. The van der Waals surface area contributed by atoms with Crippen molar-refractivity contribution in [1.29, 1.82) is 5.26 Å². The molecule has 3 nitrogen and oxygen atoms in total. The number of benzene rings is 1. The monoisotopic (exact) mass is 315 g/mol. The predicted octanol–water partition coefficient (Wildman–Crippen LogP) is 4.46. The van der Waals surface area contributed by atoms with Crippen molar-refractivity contribution in [3.8, 4) is 6.07 Å². The maximum absolute atomic E-state index is 9.02. The van der Waals surface area contributed by atoms with Gasteiger partial charge in [-0.25, -0.2) is 9.97 Å². The largest absolute Gasteiger partial charge is 0.224 e. The first kappa shape index (κ1) is 13.4. The third-order valence-corrected chi connectivity index (χ3v) is 3.64. The number of aromatic nitrogens is 2. The number of hydrogen-bond donors (Lipinski definition) is 0. The summed E-state index contributed by atoms with van der Waals surface area (Å²) < 4.78 is 0. The molecule has 0 N–H and O–H groups in total. The van der Waals surface area contributed by atoms with E-state index in [1.807, 2.05) is 18.2 Å². The van der Waals surface area contributed by atoms with Gasteiger partial charge in [-0.2, -0.15) is 5.26 Å². The fourth-order valence-corrected chi connectivity index (χ4v) is 2.70. The lowest BCUT2D eigenvalue weighted by Crippen LogP contribution is -1.93. The molecule has 1 aromatic carbocycles. The molecule has 0 spiro atoms. The molecule has 0 amide bonds. The maximum Gasteiger partial charge on any atom is 0.224 e. The van der Waals surface area contributed by atoms with Crippen LogP contribution in [0.2, 0.25) is 15.5 Å². The SMILES string of the molecule is N#Cc1c(Cl)nc(Cl)nc1Sc1ccc(Cl)cc1. The first-order valence-corrected chi connectivity index (χ1v) is 6.61. The quantitative estimate of drug-likeness (QED) is 0.606. The lowest BCUT2D eigenvalue weighted by molar-refractivity contribution is 1.03. The Labute approximate surface area is 123 Å². The highest BCUT2D eigenvalue weighted by molar-refractivity contribution is 7.99. The molecule has 2 aromatic rings. The van der Waals surface area contributed by atoms with Crippen molar-refractivity contribution in [1.82, 2.24) is 9.97 Å². The molecule has 0 saturated carbocycles. The maximum atomic E-state index is 9.02. The van der Waals surface area contributed by atoms with Gasteiger partial charge in [0.25, 0.3) is 0 Å². The highest BCUT2D eigenvalue weighted by Gasteiger charge is 2.13. The standard InChI is InChI=1S/C11H4Cl3N3S/c12-6-1-3-7(4-2-6)18-10-8(5-15)9(13)16-11(14)17-10/h1-4H. The fourth-order valence-electron chi connectivity index (χ4n) is 1.17. The van der Waals surface area contributed by atoms with Crippen LogP contribution in [-0.4, -0.2) is 9.97 Å². The Balaban J connectivity index is 2.40. The van der Waals surface area contributed by atoms with Crippen LogP contribution in [-0.2, 0) is 0 Å². The molecule has 0 fully saturated rings. The molecular formula is C11H4Cl3N3S. The van der Waals surface area contributed by atoms with Crippen molar-refractivity contribution < 1.29 is 0 Å². The Hall–Kier alpha value is -0.990. The van der Waals surface area contributed by atoms with Crippen LogP contribution in [0.5, 0.6) is 0 Å². The fraction of sp³-hybridized carbons (Fsp3) is 0. The van der Waals surface area contributed by atoms with E-state index in [2.05, 4.69) is 9.97 Å². The molecular weight excluding hydrogens is 313 g/mol. The number of nitrogens with zero attached hydrogens (tertiary/aromatic N) is 3. The summed E-state index contributed by atoms with van der Waals surface area (Å²) in [4.78, 5) is 8.60. The summed E-state index contributed by atoms with van der Waals surface area (Å²) in [6, 6.07) is 9.10. The first-order chi connectivity index (χ1) is 8.60. The van der Waals surface area contributed by atoms with Crippen LogP contribution in [0, 0.1) is 11.3 Å². The molecule has 0 aliphatic rings. The molecule has 0 bridgehead atoms. The van der Waals surface area contributed by atoms with E-state index in [0.29, 0.717) is 10.0 Å². The summed E-state index contributed by atoms with van der Waals surface area (Å²) in [5.74, 6) is 0. The van der Waals surface area contributed by atoms with Crippen molar-refractivity contribution in [2.75, 3.05) is 0 Å². The molecule has 18 heavy (non-hydrogen) atoms. The van der Waals surface area contributed by atoms with Gasteiger partial charge in [-0.1, -0.05) is 35.0 Å². The number of rotatable bonds is 2. The molecule has 0 unspecified atom stereocenters. The van der Waals surface area contributed by atoms with Crippen molar-refractivity contribution >= 4 is 46.6 Å². The summed E-state index contributed by atoms with van der Waals surface area (Å²) in [6.45, 7) is 0. The van der Waals surface area contributed by atoms with Crippen LogP contribution in [0.15, 0.2) is 34.2 Å². The van der Waals surface area contributed by atoms with Crippen LogP contribution in [0.1, 0.15) is 5.56 Å². The predicted molar refractivity (Wildman–Crippen MR) is 72.3 cm³/mol. The Bertz CT molecular complexity index is 623. The van der Waals surface area contributed by atoms with E-state index in [4.69, 9.17) is 40.1 Å². The zero-order valence-electron chi connectivity index (χ0n) is 8.69. The molecule has 0 saturated heterocycles. The Morgan fingerprint density at radius 3 is 2.33 bits per heavy atom. The van der Waals surface area contributed by atoms with E-state index in [-0.39, 0.29) is 16.0 Å². The van der Waals surface area contributed by atoms with Gasteiger partial charge in [-0.05, 0) is 35.9 Å². The molecule has 7 heteroatoms. The lowest BCUT2D eigenvalue weighted by Gasteiger charge is -2.04. The van der Waals surface area contributed by atoms with Gasteiger partial charge in [0.05, 0.1) is 0 Å². The van der Waals surface area contributed by atoms with E-state index in [9.17, 15) is 0 Å². The van der Waals surface area contributed by atoms with Gasteiger partial charge < -0.3 is 0 Å². The van der Waals surface area contributed by atoms with Gasteiger partial charge in [0.15, 0.2) is 5.15 Å². The van der Waals surface area contributed by atoms with Gasteiger partial charge in [-0.3, -0.25) is 0 Å². The lowest BCUT2D eigenvalue weighted by atomic mass is 10.4. The van der Waals surface area contributed by atoms with Gasteiger partial charge >= 0.3 is 0 Å². The average molecular weight is 317 g/mol. The van der Waals surface area contributed by atoms with Crippen LogP contribution in [0.4, 0.5) is 0 Å². The molecule has 1 heterocycles. The second-order valence-corrected chi connectivity index (χ2v) is 5.33. The van der Waals surface area contributed by atoms with Gasteiger partial charge in [0.2, 0.25) is 5.28 Å². The smallest absolute Gasteiger partial charge is 0.210 e. The zero-order chi connectivity index (χ0) is 13.1.